The topological polar surface area (TPSA) is 67.3 Å². The van der Waals surface area contributed by atoms with Crippen molar-refractivity contribution >= 4 is 11.8 Å². The van der Waals surface area contributed by atoms with Crippen molar-refractivity contribution in [3.8, 4) is 0 Å². The first kappa shape index (κ1) is 14.3. The SMILES string of the molecule is CN(C)c1ncc2c(n1)[C@]1(CCN(c3ccncn3)C1)COC2. The van der Waals surface area contributed by atoms with E-state index < -0.39 is 0 Å². The monoisotopic (exact) mass is 312 g/mol. The Hall–Kier alpha value is -2.28. The summed E-state index contributed by atoms with van der Waals surface area (Å²) >= 11 is 0. The Labute approximate surface area is 135 Å². The van der Waals surface area contributed by atoms with Gasteiger partial charge in [0, 0.05) is 45.1 Å². The molecule has 0 N–H and O–H groups in total. The maximum atomic E-state index is 5.87. The maximum Gasteiger partial charge on any atom is 0.225 e. The average molecular weight is 312 g/mol. The van der Waals surface area contributed by atoms with Crippen LogP contribution in [0.15, 0.2) is 24.8 Å². The van der Waals surface area contributed by atoms with Crippen LogP contribution in [-0.2, 0) is 16.8 Å². The van der Waals surface area contributed by atoms with Crippen molar-refractivity contribution in [1.82, 2.24) is 19.9 Å². The highest BCUT2D eigenvalue weighted by Crippen LogP contribution is 2.40. The summed E-state index contributed by atoms with van der Waals surface area (Å²) in [4.78, 5) is 21.9. The van der Waals surface area contributed by atoms with Gasteiger partial charge in [0.25, 0.3) is 0 Å². The van der Waals surface area contributed by atoms with Crippen LogP contribution in [-0.4, -0.2) is 53.7 Å². The summed E-state index contributed by atoms with van der Waals surface area (Å²) in [7, 11) is 3.94. The summed E-state index contributed by atoms with van der Waals surface area (Å²) < 4.78 is 5.87. The van der Waals surface area contributed by atoms with E-state index in [-0.39, 0.29) is 5.41 Å². The summed E-state index contributed by atoms with van der Waals surface area (Å²) in [6.45, 7) is 3.10. The van der Waals surface area contributed by atoms with Crippen LogP contribution in [0.1, 0.15) is 17.7 Å². The Morgan fingerprint density at radius 1 is 1.30 bits per heavy atom. The minimum Gasteiger partial charge on any atom is -0.376 e. The molecular formula is C16H20N6O. The van der Waals surface area contributed by atoms with Crippen LogP contribution < -0.4 is 9.80 Å². The second-order valence-electron chi connectivity index (χ2n) is 6.45. The third-order valence-corrected chi connectivity index (χ3v) is 4.63. The standard InChI is InChI=1S/C16H20N6O/c1-21(2)15-18-7-12-8-23-10-16(14(12)20-15)4-6-22(9-16)13-3-5-17-11-19-13/h3,5,7,11H,4,6,8-10H2,1-2H3/t16-/m0/s1. The molecule has 23 heavy (non-hydrogen) atoms. The second-order valence-corrected chi connectivity index (χ2v) is 6.45. The summed E-state index contributed by atoms with van der Waals surface area (Å²) in [6, 6.07) is 1.95. The van der Waals surface area contributed by atoms with E-state index in [1.165, 1.54) is 0 Å². The van der Waals surface area contributed by atoms with E-state index in [0.29, 0.717) is 13.2 Å². The van der Waals surface area contributed by atoms with Crippen molar-refractivity contribution in [3.05, 3.63) is 36.0 Å². The lowest BCUT2D eigenvalue weighted by atomic mass is 9.80. The molecule has 1 spiro atoms. The molecule has 1 saturated heterocycles. The molecule has 2 aliphatic rings. The molecule has 2 aromatic heterocycles. The molecule has 0 saturated carbocycles. The van der Waals surface area contributed by atoms with E-state index in [4.69, 9.17) is 9.72 Å². The van der Waals surface area contributed by atoms with Gasteiger partial charge in [-0.2, -0.15) is 0 Å². The number of ether oxygens (including phenoxy) is 1. The predicted molar refractivity (Wildman–Crippen MR) is 86.6 cm³/mol. The zero-order chi connectivity index (χ0) is 15.9. The van der Waals surface area contributed by atoms with Gasteiger partial charge in [0.1, 0.15) is 12.1 Å². The van der Waals surface area contributed by atoms with Crippen molar-refractivity contribution in [2.75, 3.05) is 43.6 Å². The van der Waals surface area contributed by atoms with E-state index in [0.717, 1.165) is 42.5 Å². The third-order valence-electron chi connectivity index (χ3n) is 4.63. The molecule has 0 unspecified atom stereocenters. The number of hydrogen-bond donors (Lipinski definition) is 0. The van der Waals surface area contributed by atoms with Crippen LogP contribution in [0.5, 0.6) is 0 Å². The van der Waals surface area contributed by atoms with E-state index >= 15 is 0 Å². The number of hydrogen-bond acceptors (Lipinski definition) is 7. The molecule has 0 bridgehead atoms. The van der Waals surface area contributed by atoms with Crippen LogP contribution in [0.4, 0.5) is 11.8 Å². The van der Waals surface area contributed by atoms with Crippen molar-refractivity contribution in [2.45, 2.75) is 18.4 Å². The molecule has 0 radical (unpaired) electrons. The smallest absolute Gasteiger partial charge is 0.225 e. The van der Waals surface area contributed by atoms with E-state index in [9.17, 15) is 0 Å². The fourth-order valence-corrected chi connectivity index (χ4v) is 3.45. The van der Waals surface area contributed by atoms with Gasteiger partial charge in [0.15, 0.2) is 0 Å². The average Bonchev–Trinajstić information content (AvgIpc) is 3.00. The van der Waals surface area contributed by atoms with Crippen LogP contribution in [0.3, 0.4) is 0 Å². The Morgan fingerprint density at radius 2 is 2.22 bits per heavy atom. The van der Waals surface area contributed by atoms with E-state index in [1.807, 2.05) is 31.3 Å². The first-order valence-electron chi connectivity index (χ1n) is 7.80. The summed E-state index contributed by atoms with van der Waals surface area (Å²) in [5.74, 6) is 1.72. The lowest BCUT2D eigenvalue weighted by molar-refractivity contribution is 0.0557. The zero-order valence-electron chi connectivity index (χ0n) is 13.4. The van der Waals surface area contributed by atoms with Gasteiger partial charge in [-0.1, -0.05) is 0 Å². The number of nitrogens with zero attached hydrogens (tertiary/aromatic N) is 6. The Balaban J connectivity index is 1.70. The first-order chi connectivity index (χ1) is 11.2. The van der Waals surface area contributed by atoms with Gasteiger partial charge in [0.05, 0.1) is 24.3 Å². The number of fused-ring (bicyclic) bond motifs is 2. The maximum absolute atomic E-state index is 5.87. The van der Waals surface area contributed by atoms with Crippen molar-refractivity contribution in [3.63, 3.8) is 0 Å². The summed E-state index contributed by atoms with van der Waals surface area (Å²) in [5.41, 5.74) is 2.16. The van der Waals surface area contributed by atoms with Crippen LogP contribution in [0.25, 0.3) is 0 Å². The zero-order valence-corrected chi connectivity index (χ0v) is 13.4. The fraction of sp³-hybridized carbons (Fsp3) is 0.500. The molecule has 2 aromatic rings. The van der Waals surface area contributed by atoms with E-state index in [1.54, 1.807) is 12.5 Å². The minimum absolute atomic E-state index is 0.0771. The van der Waals surface area contributed by atoms with Gasteiger partial charge in [-0.3, -0.25) is 0 Å². The first-order valence-corrected chi connectivity index (χ1v) is 7.80. The number of rotatable bonds is 2. The minimum atomic E-state index is -0.0771. The highest BCUT2D eigenvalue weighted by molar-refractivity contribution is 5.45. The van der Waals surface area contributed by atoms with Gasteiger partial charge < -0.3 is 14.5 Å². The lowest BCUT2D eigenvalue weighted by Gasteiger charge is -2.34. The van der Waals surface area contributed by atoms with Gasteiger partial charge in [-0.05, 0) is 12.5 Å². The number of aromatic nitrogens is 4. The number of anilines is 2. The quantitative estimate of drug-likeness (QED) is 0.820. The van der Waals surface area contributed by atoms with Crippen LogP contribution >= 0.6 is 0 Å². The Bertz CT molecular complexity index is 707. The van der Waals surface area contributed by atoms with Crippen LogP contribution in [0, 0.1) is 0 Å². The normalized spacial score (nSPS) is 23.1. The molecule has 2 aliphatic heterocycles. The van der Waals surface area contributed by atoms with Crippen molar-refractivity contribution in [1.29, 1.82) is 0 Å². The lowest BCUT2D eigenvalue weighted by Crippen LogP contribution is -2.41. The largest absolute Gasteiger partial charge is 0.376 e. The molecule has 4 rings (SSSR count). The van der Waals surface area contributed by atoms with Crippen LogP contribution in [0.2, 0.25) is 0 Å². The molecule has 7 heteroatoms. The van der Waals surface area contributed by atoms with Gasteiger partial charge in [-0.25, -0.2) is 19.9 Å². The van der Waals surface area contributed by atoms with E-state index in [2.05, 4.69) is 19.9 Å². The highest BCUT2D eigenvalue weighted by atomic mass is 16.5. The van der Waals surface area contributed by atoms with Gasteiger partial charge >= 0.3 is 0 Å². The molecule has 1 fully saturated rings. The summed E-state index contributed by atoms with van der Waals surface area (Å²) in [5, 5.41) is 0. The molecule has 0 amide bonds. The molecule has 7 nitrogen and oxygen atoms in total. The van der Waals surface area contributed by atoms with Crippen molar-refractivity contribution in [2.24, 2.45) is 0 Å². The fourth-order valence-electron chi connectivity index (χ4n) is 3.45. The molecule has 0 aromatic carbocycles. The summed E-state index contributed by atoms with van der Waals surface area (Å²) in [6.07, 6.45) is 6.29. The Kier molecular flexibility index (Phi) is 3.37. The van der Waals surface area contributed by atoms with Gasteiger partial charge in [0.2, 0.25) is 5.95 Å². The molecule has 1 atom stereocenters. The van der Waals surface area contributed by atoms with Crippen molar-refractivity contribution < 1.29 is 4.74 Å². The molecule has 120 valence electrons. The second kappa shape index (κ2) is 5.42. The Morgan fingerprint density at radius 3 is 3.00 bits per heavy atom. The molecule has 4 heterocycles. The third kappa shape index (κ3) is 2.41. The predicted octanol–water partition coefficient (Wildman–Crippen LogP) is 1.01. The highest BCUT2D eigenvalue weighted by Gasteiger charge is 2.45. The molecule has 0 aliphatic carbocycles. The molecular weight excluding hydrogens is 292 g/mol. The van der Waals surface area contributed by atoms with Gasteiger partial charge in [-0.15, -0.1) is 0 Å².